The Bertz CT molecular complexity index is 502. The Labute approximate surface area is 107 Å². The van der Waals surface area contributed by atoms with Crippen LogP contribution in [0.5, 0.6) is 0 Å². The number of rotatable bonds is 6. The molecule has 0 spiro atoms. The van der Waals surface area contributed by atoms with Crippen LogP contribution in [0.25, 0.3) is 0 Å². The van der Waals surface area contributed by atoms with Crippen molar-refractivity contribution in [1.29, 1.82) is 0 Å². The average Bonchev–Trinajstić information content (AvgIpc) is 2.87. The van der Waals surface area contributed by atoms with E-state index in [4.69, 9.17) is 4.74 Å². The van der Waals surface area contributed by atoms with Crippen molar-refractivity contribution in [3.63, 3.8) is 0 Å². The van der Waals surface area contributed by atoms with E-state index in [1.165, 1.54) is 0 Å². The molecule has 98 valence electrons. The third kappa shape index (κ3) is 3.10. The monoisotopic (exact) mass is 249 g/mol. The van der Waals surface area contributed by atoms with Gasteiger partial charge in [-0.2, -0.15) is 5.10 Å². The average molecular weight is 249 g/mol. The van der Waals surface area contributed by atoms with E-state index in [-0.39, 0.29) is 0 Å². The van der Waals surface area contributed by atoms with E-state index in [0.29, 0.717) is 6.61 Å². The van der Waals surface area contributed by atoms with Crippen LogP contribution in [0.3, 0.4) is 0 Å². The minimum Gasteiger partial charge on any atom is -0.383 e. The first kappa shape index (κ1) is 12.6. The lowest BCUT2D eigenvalue weighted by Crippen LogP contribution is -2.13. The number of ether oxygens (including phenoxy) is 1. The summed E-state index contributed by atoms with van der Waals surface area (Å²) in [6.07, 6.45) is 3.96. The number of aryl methyl sites for hydroxylation is 2. The summed E-state index contributed by atoms with van der Waals surface area (Å²) in [6.45, 7) is 4.11. The molecule has 1 N–H and O–H groups in total. The van der Waals surface area contributed by atoms with E-state index < -0.39 is 0 Å². The summed E-state index contributed by atoms with van der Waals surface area (Å²) in [5, 5.41) is 7.62. The van der Waals surface area contributed by atoms with E-state index in [2.05, 4.69) is 20.0 Å². The number of anilines is 1. The van der Waals surface area contributed by atoms with Gasteiger partial charge >= 0.3 is 0 Å². The number of hydrogen-bond donors (Lipinski definition) is 1. The smallest absolute Gasteiger partial charge is 0.203 e. The molecule has 2 aromatic rings. The van der Waals surface area contributed by atoms with Crippen LogP contribution in [0.4, 0.5) is 5.95 Å². The molecule has 2 aromatic heterocycles. The molecule has 0 aliphatic rings. The predicted octanol–water partition coefficient (Wildman–Crippen LogP) is 1.03. The second-order valence-corrected chi connectivity index (χ2v) is 4.23. The highest BCUT2D eigenvalue weighted by atomic mass is 16.5. The van der Waals surface area contributed by atoms with Gasteiger partial charge in [-0.25, -0.2) is 4.98 Å². The van der Waals surface area contributed by atoms with E-state index in [9.17, 15) is 0 Å². The van der Waals surface area contributed by atoms with Crippen molar-refractivity contribution in [3.05, 3.63) is 29.8 Å². The molecule has 0 saturated carbocycles. The molecule has 0 aliphatic carbocycles. The van der Waals surface area contributed by atoms with Gasteiger partial charge in [-0.3, -0.25) is 4.68 Å². The van der Waals surface area contributed by atoms with Crippen LogP contribution in [0, 0.1) is 6.92 Å². The summed E-state index contributed by atoms with van der Waals surface area (Å²) < 4.78 is 8.88. The van der Waals surface area contributed by atoms with Gasteiger partial charge in [-0.15, -0.1) is 0 Å². The molecule has 6 heteroatoms. The SMILES string of the molecule is COCCNc1nc(C)cn1Cc1ccn(C)n1. The van der Waals surface area contributed by atoms with Crippen molar-refractivity contribution < 1.29 is 4.74 Å². The zero-order chi connectivity index (χ0) is 13.0. The van der Waals surface area contributed by atoms with E-state index >= 15 is 0 Å². The maximum atomic E-state index is 5.02. The fourth-order valence-corrected chi connectivity index (χ4v) is 1.80. The predicted molar refractivity (Wildman–Crippen MR) is 69.6 cm³/mol. The Balaban J connectivity index is 2.06. The Morgan fingerprint density at radius 1 is 1.44 bits per heavy atom. The van der Waals surface area contributed by atoms with Crippen molar-refractivity contribution in [2.75, 3.05) is 25.6 Å². The number of aromatic nitrogens is 4. The van der Waals surface area contributed by atoms with Gasteiger partial charge in [0.25, 0.3) is 0 Å². The number of imidazole rings is 1. The largest absolute Gasteiger partial charge is 0.383 e. The van der Waals surface area contributed by atoms with Crippen molar-refractivity contribution in [3.8, 4) is 0 Å². The van der Waals surface area contributed by atoms with Crippen LogP contribution in [0.15, 0.2) is 18.5 Å². The molecule has 0 atom stereocenters. The van der Waals surface area contributed by atoms with Gasteiger partial charge in [0.2, 0.25) is 5.95 Å². The lowest BCUT2D eigenvalue weighted by molar-refractivity contribution is 0.210. The lowest BCUT2D eigenvalue weighted by atomic mass is 10.4. The Morgan fingerprint density at radius 3 is 2.94 bits per heavy atom. The summed E-state index contributed by atoms with van der Waals surface area (Å²) in [7, 11) is 3.60. The minimum atomic E-state index is 0.662. The molecule has 18 heavy (non-hydrogen) atoms. The second-order valence-electron chi connectivity index (χ2n) is 4.23. The van der Waals surface area contributed by atoms with Crippen molar-refractivity contribution in [2.45, 2.75) is 13.5 Å². The number of hydrogen-bond acceptors (Lipinski definition) is 4. The van der Waals surface area contributed by atoms with Crippen molar-refractivity contribution in [2.24, 2.45) is 7.05 Å². The molecule has 0 fully saturated rings. The number of nitrogens with one attached hydrogen (secondary N) is 1. The molecule has 0 bridgehead atoms. The van der Waals surface area contributed by atoms with Crippen LogP contribution < -0.4 is 5.32 Å². The molecule has 0 aliphatic heterocycles. The number of nitrogens with zero attached hydrogens (tertiary/aromatic N) is 4. The van der Waals surface area contributed by atoms with Gasteiger partial charge in [-0.05, 0) is 13.0 Å². The fraction of sp³-hybridized carbons (Fsp3) is 0.500. The van der Waals surface area contributed by atoms with E-state index in [1.807, 2.05) is 32.4 Å². The quantitative estimate of drug-likeness (QED) is 0.777. The molecule has 0 saturated heterocycles. The molecular formula is C12H19N5O. The Kier molecular flexibility index (Phi) is 3.99. The first-order chi connectivity index (χ1) is 8.69. The topological polar surface area (TPSA) is 56.9 Å². The fourth-order valence-electron chi connectivity index (χ4n) is 1.80. The van der Waals surface area contributed by atoms with Gasteiger partial charge in [-0.1, -0.05) is 0 Å². The van der Waals surface area contributed by atoms with Gasteiger partial charge in [0.15, 0.2) is 0 Å². The first-order valence-electron chi connectivity index (χ1n) is 5.94. The van der Waals surface area contributed by atoms with E-state index in [0.717, 1.165) is 30.4 Å². The summed E-state index contributed by atoms with van der Waals surface area (Å²) in [4.78, 5) is 4.45. The van der Waals surface area contributed by atoms with Crippen LogP contribution in [0.1, 0.15) is 11.4 Å². The molecule has 0 aromatic carbocycles. The molecule has 2 rings (SSSR count). The highest BCUT2D eigenvalue weighted by Crippen LogP contribution is 2.10. The molecule has 0 unspecified atom stereocenters. The van der Waals surface area contributed by atoms with Crippen LogP contribution in [-0.2, 0) is 18.3 Å². The highest BCUT2D eigenvalue weighted by Gasteiger charge is 2.07. The normalized spacial score (nSPS) is 10.8. The molecular weight excluding hydrogens is 230 g/mol. The Hall–Kier alpha value is -1.82. The van der Waals surface area contributed by atoms with Crippen molar-refractivity contribution >= 4 is 5.95 Å². The van der Waals surface area contributed by atoms with Gasteiger partial charge < -0.3 is 14.6 Å². The second kappa shape index (κ2) is 5.68. The zero-order valence-corrected chi connectivity index (χ0v) is 11.1. The van der Waals surface area contributed by atoms with Crippen LogP contribution in [0.2, 0.25) is 0 Å². The van der Waals surface area contributed by atoms with Gasteiger partial charge in [0.1, 0.15) is 0 Å². The molecule has 0 radical (unpaired) electrons. The standard InChI is InChI=1S/C12H19N5O/c1-10-8-17(9-11-4-6-16(2)15-11)12(14-10)13-5-7-18-3/h4,6,8H,5,7,9H2,1-3H3,(H,13,14). The maximum absolute atomic E-state index is 5.02. The molecule has 0 amide bonds. The van der Waals surface area contributed by atoms with Crippen LogP contribution in [-0.4, -0.2) is 39.6 Å². The van der Waals surface area contributed by atoms with Gasteiger partial charge in [0.05, 0.1) is 24.5 Å². The molecule has 6 nitrogen and oxygen atoms in total. The maximum Gasteiger partial charge on any atom is 0.203 e. The third-order valence-corrected chi connectivity index (χ3v) is 2.59. The van der Waals surface area contributed by atoms with Crippen molar-refractivity contribution in [1.82, 2.24) is 19.3 Å². The third-order valence-electron chi connectivity index (χ3n) is 2.59. The first-order valence-corrected chi connectivity index (χ1v) is 5.94. The molecule has 2 heterocycles. The highest BCUT2D eigenvalue weighted by molar-refractivity contribution is 5.29. The lowest BCUT2D eigenvalue weighted by Gasteiger charge is -2.07. The van der Waals surface area contributed by atoms with Gasteiger partial charge in [0, 0.05) is 33.1 Å². The minimum absolute atomic E-state index is 0.662. The zero-order valence-electron chi connectivity index (χ0n) is 11.1. The summed E-state index contributed by atoms with van der Waals surface area (Å²) in [5.41, 5.74) is 2.01. The van der Waals surface area contributed by atoms with Crippen LogP contribution >= 0.6 is 0 Å². The number of methoxy groups -OCH3 is 1. The summed E-state index contributed by atoms with van der Waals surface area (Å²) >= 11 is 0. The Morgan fingerprint density at radius 2 is 2.28 bits per heavy atom. The summed E-state index contributed by atoms with van der Waals surface area (Å²) in [6, 6.07) is 2.01. The van der Waals surface area contributed by atoms with E-state index in [1.54, 1.807) is 11.8 Å². The summed E-state index contributed by atoms with van der Waals surface area (Å²) in [5.74, 6) is 0.857.